The number of halogens is 1. The molecule has 0 saturated heterocycles. The van der Waals surface area contributed by atoms with Gasteiger partial charge >= 0.3 is 0 Å². The number of hydrogen-bond donors (Lipinski definition) is 1. The van der Waals surface area contributed by atoms with E-state index in [-0.39, 0.29) is 6.54 Å². The van der Waals surface area contributed by atoms with Gasteiger partial charge in [0.05, 0.1) is 13.2 Å². The lowest BCUT2D eigenvalue weighted by molar-refractivity contribution is 0.135. The first kappa shape index (κ1) is 8.68. The third-order valence-corrected chi connectivity index (χ3v) is 2.02. The first-order chi connectivity index (χ1) is 5.17. The molecule has 0 aliphatic carbocycles. The van der Waals surface area contributed by atoms with Crippen molar-refractivity contribution >= 4 is 0 Å². The lowest BCUT2D eigenvalue weighted by atomic mass is 9.94. The van der Waals surface area contributed by atoms with Crippen LogP contribution in [0.4, 0.5) is 4.39 Å². The summed E-state index contributed by atoms with van der Waals surface area (Å²) in [4.78, 5) is 0. The minimum atomic E-state index is -1.33. The number of hydrogen-bond acceptors (Lipinski definition) is 2. The minimum absolute atomic E-state index is 0.0544. The van der Waals surface area contributed by atoms with Crippen LogP contribution < -0.4 is 5.73 Å². The van der Waals surface area contributed by atoms with Gasteiger partial charge in [-0.2, -0.15) is 0 Å². The maximum absolute atomic E-state index is 13.5. The zero-order chi connectivity index (χ0) is 8.32. The fraction of sp³-hybridized carbons (Fsp3) is 0.750. The molecule has 0 saturated carbocycles. The summed E-state index contributed by atoms with van der Waals surface area (Å²) in [6.45, 7) is 2.71. The van der Waals surface area contributed by atoms with Crippen molar-refractivity contribution in [1.29, 1.82) is 0 Å². The number of ether oxygens (including phenoxy) is 1. The van der Waals surface area contributed by atoms with E-state index in [9.17, 15) is 4.39 Å². The molecule has 0 radical (unpaired) electrons. The van der Waals surface area contributed by atoms with Gasteiger partial charge in [-0.25, -0.2) is 4.39 Å². The lowest BCUT2D eigenvalue weighted by Crippen LogP contribution is -2.33. The Morgan fingerprint density at radius 1 is 1.82 bits per heavy atom. The predicted octanol–water partition coefficient (Wildman–Crippen LogP) is 1.02. The van der Waals surface area contributed by atoms with Crippen LogP contribution in [0.15, 0.2) is 11.6 Å². The Hall–Kier alpha value is -0.410. The van der Waals surface area contributed by atoms with Crippen LogP contribution in [0.2, 0.25) is 0 Å². The molecule has 2 nitrogen and oxygen atoms in total. The summed E-state index contributed by atoms with van der Waals surface area (Å²) in [5.41, 5.74) is 4.73. The molecule has 1 unspecified atom stereocenters. The average Bonchev–Trinajstić information content (AvgIpc) is 2.06. The molecule has 1 heterocycles. The molecule has 1 aliphatic rings. The van der Waals surface area contributed by atoms with Gasteiger partial charge in [0, 0.05) is 6.54 Å². The molecule has 0 fully saturated rings. The fourth-order valence-electron chi connectivity index (χ4n) is 1.13. The average molecular weight is 159 g/mol. The SMILES string of the molecule is CC(F)(CN)C1=CCOCC1. The summed E-state index contributed by atoms with van der Waals surface area (Å²) in [6, 6.07) is 0. The van der Waals surface area contributed by atoms with E-state index in [1.807, 2.05) is 0 Å². The maximum atomic E-state index is 13.5. The Kier molecular flexibility index (Phi) is 2.62. The van der Waals surface area contributed by atoms with Crippen LogP contribution in [0.25, 0.3) is 0 Å². The number of rotatable bonds is 2. The van der Waals surface area contributed by atoms with Gasteiger partial charge in [-0.05, 0) is 18.9 Å². The molecule has 0 bridgehead atoms. The van der Waals surface area contributed by atoms with Crippen LogP contribution in [0.5, 0.6) is 0 Å². The molecular weight excluding hydrogens is 145 g/mol. The summed E-state index contributed by atoms with van der Waals surface area (Å²) in [5.74, 6) is 0. The van der Waals surface area contributed by atoms with Gasteiger partial charge in [0.25, 0.3) is 0 Å². The Bertz CT molecular complexity index is 165. The van der Waals surface area contributed by atoms with Gasteiger partial charge in [0.2, 0.25) is 0 Å². The Balaban J connectivity index is 2.64. The van der Waals surface area contributed by atoms with Crippen LogP contribution in [0.1, 0.15) is 13.3 Å². The molecule has 0 aromatic carbocycles. The normalized spacial score (nSPS) is 24.1. The first-order valence-electron chi connectivity index (χ1n) is 3.83. The van der Waals surface area contributed by atoms with Gasteiger partial charge in [0.1, 0.15) is 5.67 Å². The molecule has 2 N–H and O–H groups in total. The summed E-state index contributed by atoms with van der Waals surface area (Å²) in [6.07, 6.45) is 2.46. The van der Waals surface area contributed by atoms with E-state index >= 15 is 0 Å². The van der Waals surface area contributed by atoms with E-state index in [1.54, 1.807) is 6.08 Å². The topological polar surface area (TPSA) is 35.2 Å². The molecule has 0 aromatic heterocycles. The smallest absolute Gasteiger partial charge is 0.141 e. The molecule has 1 aliphatic heterocycles. The van der Waals surface area contributed by atoms with Crippen LogP contribution in [0.3, 0.4) is 0 Å². The Morgan fingerprint density at radius 3 is 3.00 bits per heavy atom. The van der Waals surface area contributed by atoms with Crippen molar-refractivity contribution in [3.05, 3.63) is 11.6 Å². The summed E-state index contributed by atoms with van der Waals surface area (Å²) < 4.78 is 18.5. The van der Waals surface area contributed by atoms with Crippen molar-refractivity contribution in [3.8, 4) is 0 Å². The quantitative estimate of drug-likeness (QED) is 0.610. The van der Waals surface area contributed by atoms with Crippen molar-refractivity contribution in [2.75, 3.05) is 19.8 Å². The zero-order valence-corrected chi connectivity index (χ0v) is 6.77. The molecule has 0 aromatic rings. The second-order valence-corrected chi connectivity index (χ2v) is 2.96. The molecular formula is C8H14FNO. The Labute approximate surface area is 66.2 Å². The molecule has 0 spiro atoms. The highest BCUT2D eigenvalue weighted by molar-refractivity contribution is 5.17. The van der Waals surface area contributed by atoms with E-state index in [1.165, 1.54) is 6.92 Å². The van der Waals surface area contributed by atoms with E-state index < -0.39 is 5.67 Å². The fourth-order valence-corrected chi connectivity index (χ4v) is 1.13. The summed E-state index contributed by atoms with van der Waals surface area (Å²) in [5, 5.41) is 0. The van der Waals surface area contributed by atoms with Crippen molar-refractivity contribution in [1.82, 2.24) is 0 Å². The molecule has 64 valence electrons. The maximum Gasteiger partial charge on any atom is 0.141 e. The second kappa shape index (κ2) is 3.32. The number of alkyl halides is 1. The highest BCUT2D eigenvalue weighted by Gasteiger charge is 2.27. The largest absolute Gasteiger partial charge is 0.377 e. The third-order valence-electron chi connectivity index (χ3n) is 2.02. The molecule has 11 heavy (non-hydrogen) atoms. The van der Waals surface area contributed by atoms with Crippen LogP contribution in [-0.4, -0.2) is 25.4 Å². The molecule has 0 amide bonds. The van der Waals surface area contributed by atoms with E-state index in [0.717, 1.165) is 5.57 Å². The molecule has 1 rings (SSSR count). The van der Waals surface area contributed by atoms with E-state index in [0.29, 0.717) is 19.6 Å². The van der Waals surface area contributed by atoms with Crippen LogP contribution >= 0.6 is 0 Å². The first-order valence-corrected chi connectivity index (χ1v) is 3.83. The lowest BCUT2D eigenvalue weighted by Gasteiger charge is -2.24. The van der Waals surface area contributed by atoms with Crippen LogP contribution in [0, 0.1) is 0 Å². The van der Waals surface area contributed by atoms with Crippen molar-refractivity contribution in [2.45, 2.75) is 19.0 Å². The van der Waals surface area contributed by atoms with Gasteiger partial charge in [0.15, 0.2) is 0 Å². The summed E-state index contributed by atoms with van der Waals surface area (Å²) in [7, 11) is 0. The highest BCUT2D eigenvalue weighted by Crippen LogP contribution is 2.24. The van der Waals surface area contributed by atoms with Crippen molar-refractivity contribution in [3.63, 3.8) is 0 Å². The second-order valence-electron chi connectivity index (χ2n) is 2.96. The van der Waals surface area contributed by atoms with E-state index in [4.69, 9.17) is 10.5 Å². The van der Waals surface area contributed by atoms with E-state index in [2.05, 4.69) is 0 Å². The van der Waals surface area contributed by atoms with Gasteiger partial charge in [-0.1, -0.05) is 6.08 Å². The zero-order valence-electron chi connectivity index (χ0n) is 6.77. The van der Waals surface area contributed by atoms with Gasteiger partial charge in [-0.3, -0.25) is 0 Å². The summed E-state index contributed by atoms with van der Waals surface area (Å²) >= 11 is 0. The molecule has 1 atom stereocenters. The van der Waals surface area contributed by atoms with Gasteiger partial charge in [-0.15, -0.1) is 0 Å². The standard InChI is InChI=1S/C8H14FNO/c1-8(9,6-10)7-2-4-11-5-3-7/h2H,3-6,10H2,1H3. The minimum Gasteiger partial charge on any atom is -0.377 e. The molecule has 3 heteroatoms. The monoisotopic (exact) mass is 159 g/mol. The Morgan fingerprint density at radius 2 is 2.55 bits per heavy atom. The number of nitrogens with two attached hydrogens (primary N) is 1. The van der Waals surface area contributed by atoms with Crippen molar-refractivity contribution < 1.29 is 9.13 Å². The van der Waals surface area contributed by atoms with Gasteiger partial charge < -0.3 is 10.5 Å². The third kappa shape index (κ3) is 2.01. The predicted molar refractivity (Wildman–Crippen MR) is 42.1 cm³/mol. The highest BCUT2D eigenvalue weighted by atomic mass is 19.1. The van der Waals surface area contributed by atoms with Crippen molar-refractivity contribution in [2.24, 2.45) is 5.73 Å². The van der Waals surface area contributed by atoms with Crippen LogP contribution in [-0.2, 0) is 4.74 Å².